The van der Waals surface area contributed by atoms with Crippen LogP contribution in [0.1, 0.15) is 70.9 Å². The Morgan fingerprint density at radius 3 is 1.88 bits per heavy atom. The van der Waals surface area contributed by atoms with Gasteiger partial charge in [-0.15, -0.1) is 0 Å². The molecule has 0 atom stereocenters. The molecule has 0 fully saturated rings. The van der Waals surface area contributed by atoms with E-state index in [2.05, 4.69) is 6.92 Å². The van der Waals surface area contributed by atoms with E-state index < -0.39 is 39.8 Å². The SMILES string of the molecule is CCCCCCCOC(=O)c1ccccc1C(=O)OCc1cc([N+](=O)[O-])c(C)c([N+](=O)[O-])c1. The number of benzene rings is 2. The average molecular weight is 458 g/mol. The van der Waals surface area contributed by atoms with E-state index >= 15 is 0 Å². The second-order valence-electron chi connectivity index (χ2n) is 7.45. The predicted molar refractivity (Wildman–Crippen MR) is 119 cm³/mol. The minimum absolute atomic E-state index is 0.0235. The van der Waals surface area contributed by atoms with Crippen LogP contribution in [0.15, 0.2) is 36.4 Å². The van der Waals surface area contributed by atoms with Crippen LogP contribution in [0.5, 0.6) is 0 Å². The minimum atomic E-state index is -0.851. The fourth-order valence-electron chi connectivity index (χ4n) is 3.22. The Kier molecular flexibility index (Phi) is 9.46. The third kappa shape index (κ3) is 7.09. The average Bonchev–Trinajstić information content (AvgIpc) is 2.79. The molecule has 0 aromatic heterocycles. The lowest BCUT2D eigenvalue weighted by Gasteiger charge is -2.10. The Labute approximate surface area is 190 Å². The van der Waals surface area contributed by atoms with Crippen LogP contribution in [-0.2, 0) is 16.1 Å². The number of esters is 2. The smallest absolute Gasteiger partial charge is 0.339 e. The van der Waals surface area contributed by atoms with Gasteiger partial charge >= 0.3 is 11.9 Å². The summed E-state index contributed by atoms with van der Waals surface area (Å²) in [4.78, 5) is 46.0. The maximum atomic E-state index is 12.6. The molecule has 10 heteroatoms. The van der Waals surface area contributed by atoms with Crippen LogP contribution in [0.2, 0.25) is 0 Å². The van der Waals surface area contributed by atoms with Gasteiger partial charge in [-0.2, -0.15) is 0 Å². The van der Waals surface area contributed by atoms with Crippen LogP contribution >= 0.6 is 0 Å². The number of hydrogen-bond acceptors (Lipinski definition) is 8. The van der Waals surface area contributed by atoms with E-state index in [0.29, 0.717) is 0 Å². The van der Waals surface area contributed by atoms with E-state index in [1.165, 1.54) is 19.1 Å². The molecule has 0 saturated heterocycles. The molecule has 0 aliphatic carbocycles. The summed E-state index contributed by atoms with van der Waals surface area (Å²) in [7, 11) is 0. The fourth-order valence-corrected chi connectivity index (χ4v) is 3.22. The van der Waals surface area contributed by atoms with E-state index in [-0.39, 0.29) is 28.9 Å². The Morgan fingerprint density at radius 2 is 1.36 bits per heavy atom. The van der Waals surface area contributed by atoms with Gasteiger partial charge in [-0.25, -0.2) is 9.59 Å². The first-order valence-electron chi connectivity index (χ1n) is 10.6. The maximum absolute atomic E-state index is 12.6. The van der Waals surface area contributed by atoms with Crippen LogP contribution in [0.4, 0.5) is 11.4 Å². The lowest BCUT2D eigenvalue weighted by molar-refractivity contribution is -0.395. The summed E-state index contributed by atoms with van der Waals surface area (Å²) in [6, 6.07) is 8.22. The fraction of sp³-hybridized carbons (Fsp3) is 0.391. The van der Waals surface area contributed by atoms with Gasteiger partial charge in [0, 0.05) is 17.7 Å². The Balaban J connectivity index is 2.09. The van der Waals surface area contributed by atoms with Crippen LogP contribution in [0.25, 0.3) is 0 Å². The minimum Gasteiger partial charge on any atom is -0.462 e. The standard InChI is InChI=1S/C23H26N2O8/c1-3-4-5-6-9-12-32-22(26)18-10-7-8-11-19(18)23(27)33-15-17-13-20(24(28)29)16(2)21(14-17)25(30)31/h7-8,10-11,13-14H,3-6,9,12,15H2,1-2H3. The van der Waals surface area contributed by atoms with Gasteiger partial charge in [0.1, 0.15) is 12.2 Å². The number of nitrogens with zero attached hydrogens (tertiary/aromatic N) is 2. The normalized spacial score (nSPS) is 10.5. The van der Waals surface area contributed by atoms with Gasteiger partial charge in [0.15, 0.2) is 0 Å². The first-order chi connectivity index (χ1) is 15.8. The molecule has 0 bridgehead atoms. The second-order valence-corrected chi connectivity index (χ2v) is 7.45. The molecule has 0 unspecified atom stereocenters. The number of nitro groups is 2. The van der Waals surface area contributed by atoms with Crippen molar-refractivity contribution in [2.75, 3.05) is 6.61 Å². The van der Waals surface area contributed by atoms with Crippen molar-refractivity contribution in [1.82, 2.24) is 0 Å². The topological polar surface area (TPSA) is 139 Å². The van der Waals surface area contributed by atoms with E-state index in [1.54, 1.807) is 12.1 Å². The molecule has 0 saturated carbocycles. The zero-order valence-electron chi connectivity index (χ0n) is 18.6. The molecule has 0 N–H and O–H groups in total. The van der Waals surface area contributed by atoms with Crippen molar-refractivity contribution >= 4 is 23.3 Å². The first kappa shape index (κ1) is 25.4. The first-order valence-corrected chi connectivity index (χ1v) is 10.6. The van der Waals surface area contributed by atoms with Gasteiger partial charge in [0.2, 0.25) is 0 Å². The molecule has 0 aliphatic heterocycles. The highest BCUT2D eigenvalue weighted by Crippen LogP contribution is 2.29. The number of carbonyl (C=O) groups excluding carboxylic acids is 2. The number of carbonyl (C=O) groups is 2. The third-order valence-electron chi connectivity index (χ3n) is 5.02. The summed E-state index contributed by atoms with van der Waals surface area (Å²) >= 11 is 0. The highest BCUT2D eigenvalue weighted by molar-refractivity contribution is 6.03. The van der Waals surface area contributed by atoms with Crippen molar-refractivity contribution in [3.05, 3.63) is 78.9 Å². The third-order valence-corrected chi connectivity index (χ3v) is 5.02. The lowest BCUT2D eigenvalue weighted by atomic mass is 10.1. The highest BCUT2D eigenvalue weighted by atomic mass is 16.6. The second kappa shape index (κ2) is 12.3. The Bertz CT molecular complexity index is 1000. The van der Waals surface area contributed by atoms with E-state index in [0.717, 1.165) is 44.2 Å². The van der Waals surface area contributed by atoms with Crippen molar-refractivity contribution < 1.29 is 28.9 Å². The zero-order chi connectivity index (χ0) is 24.4. The predicted octanol–water partition coefficient (Wildman–Crippen LogP) is 5.30. The molecule has 2 aromatic carbocycles. The molecular weight excluding hydrogens is 432 g/mol. The van der Waals surface area contributed by atoms with Crippen LogP contribution in [0.3, 0.4) is 0 Å². The van der Waals surface area contributed by atoms with E-state index in [4.69, 9.17) is 9.47 Å². The summed E-state index contributed by atoms with van der Waals surface area (Å²) in [5, 5.41) is 22.4. The molecule has 10 nitrogen and oxygen atoms in total. The number of hydrogen-bond donors (Lipinski definition) is 0. The van der Waals surface area contributed by atoms with Crippen molar-refractivity contribution in [2.45, 2.75) is 52.6 Å². The lowest BCUT2D eigenvalue weighted by Crippen LogP contribution is -2.14. The molecule has 2 rings (SSSR count). The molecule has 0 spiro atoms. The molecule has 0 radical (unpaired) electrons. The van der Waals surface area contributed by atoms with Crippen molar-refractivity contribution in [3.63, 3.8) is 0 Å². The van der Waals surface area contributed by atoms with E-state index in [1.807, 2.05) is 0 Å². The number of rotatable bonds is 12. The highest BCUT2D eigenvalue weighted by Gasteiger charge is 2.24. The summed E-state index contributed by atoms with van der Waals surface area (Å²) in [5.41, 5.74) is -0.889. The van der Waals surface area contributed by atoms with Crippen LogP contribution < -0.4 is 0 Å². The number of ether oxygens (including phenoxy) is 2. The molecule has 0 amide bonds. The monoisotopic (exact) mass is 458 g/mol. The van der Waals surface area contributed by atoms with Gasteiger partial charge in [-0.3, -0.25) is 20.2 Å². The summed E-state index contributed by atoms with van der Waals surface area (Å²) in [6.07, 6.45) is 4.96. The number of unbranched alkanes of at least 4 members (excludes halogenated alkanes) is 4. The quantitative estimate of drug-likeness (QED) is 0.181. The zero-order valence-corrected chi connectivity index (χ0v) is 18.6. The molecule has 2 aromatic rings. The van der Waals surface area contributed by atoms with Gasteiger partial charge in [0.25, 0.3) is 11.4 Å². The van der Waals surface area contributed by atoms with Crippen LogP contribution in [-0.4, -0.2) is 28.4 Å². The summed E-state index contributed by atoms with van der Waals surface area (Å²) < 4.78 is 10.5. The number of nitro benzene ring substituents is 2. The van der Waals surface area contributed by atoms with Gasteiger partial charge in [-0.1, -0.05) is 44.7 Å². The van der Waals surface area contributed by atoms with Crippen molar-refractivity contribution in [1.29, 1.82) is 0 Å². The maximum Gasteiger partial charge on any atom is 0.339 e. The van der Waals surface area contributed by atoms with Gasteiger partial charge in [0.05, 0.1) is 27.6 Å². The molecule has 176 valence electrons. The molecule has 33 heavy (non-hydrogen) atoms. The van der Waals surface area contributed by atoms with E-state index in [9.17, 15) is 29.8 Å². The molecule has 0 aliphatic rings. The van der Waals surface area contributed by atoms with Crippen molar-refractivity contribution in [3.8, 4) is 0 Å². The van der Waals surface area contributed by atoms with Gasteiger partial charge < -0.3 is 9.47 Å². The molecular formula is C23H26N2O8. The molecule has 0 heterocycles. The largest absolute Gasteiger partial charge is 0.462 e. The Hall–Kier alpha value is -3.82. The van der Waals surface area contributed by atoms with Crippen molar-refractivity contribution in [2.24, 2.45) is 0 Å². The van der Waals surface area contributed by atoms with Gasteiger partial charge in [-0.05, 0) is 25.5 Å². The summed E-state index contributed by atoms with van der Waals surface area (Å²) in [6.45, 7) is 3.18. The van der Waals surface area contributed by atoms with Crippen LogP contribution in [0, 0.1) is 27.2 Å². The summed E-state index contributed by atoms with van der Waals surface area (Å²) in [5.74, 6) is -1.50. The Morgan fingerprint density at radius 1 is 0.848 bits per heavy atom.